The summed E-state index contributed by atoms with van der Waals surface area (Å²) in [5.41, 5.74) is 4.21. The molecule has 6 heteroatoms. The number of carbonyl (C=O) groups is 1. The highest BCUT2D eigenvalue weighted by molar-refractivity contribution is 5.91. The molecule has 3 aromatic rings. The number of nitrogens with zero attached hydrogens (tertiary/aromatic N) is 2. The lowest BCUT2D eigenvalue weighted by atomic mass is 10.0. The quantitative estimate of drug-likeness (QED) is 0.548. The Kier molecular flexibility index (Phi) is 6.65. The molecule has 1 amide bonds. The molecule has 3 rings (SSSR count). The predicted molar refractivity (Wildman–Crippen MR) is 117 cm³/mol. The first kappa shape index (κ1) is 21.7. The van der Waals surface area contributed by atoms with Crippen molar-refractivity contribution >= 4 is 5.91 Å². The lowest BCUT2D eigenvalue weighted by molar-refractivity contribution is 0.0907. The number of hydrogen-bond donors (Lipinski definition) is 1. The first-order chi connectivity index (χ1) is 14.3. The maximum absolute atomic E-state index is 12.6. The van der Waals surface area contributed by atoms with E-state index in [4.69, 9.17) is 9.15 Å². The van der Waals surface area contributed by atoms with Gasteiger partial charge >= 0.3 is 0 Å². The number of furan rings is 1. The van der Waals surface area contributed by atoms with Gasteiger partial charge in [0.1, 0.15) is 18.1 Å². The largest absolute Gasteiger partial charge is 0.485 e. The molecule has 0 bridgehead atoms. The number of hydrogen-bond acceptors (Lipinski definition) is 4. The van der Waals surface area contributed by atoms with Gasteiger partial charge in [-0.05, 0) is 62.9 Å². The van der Waals surface area contributed by atoms with Crippen LogP contribution in [0.25, 0.3) is 0 Å². The van der Waals surface area contributed by atoms with Crippen LogP contribution in [0.1, 0.15) is 78.4 Å². The third kappa shape index (κ3) is 4.93. The van der Waals surface area contributed by atoms with Gasteiger partial charge in [0.25, 0.3) is 5.91 Å². The molecule has 2 heterocycles. The van der Waals surface area contributed by atoms with Gasteiger partial charge in [0.15, 0.2) is 5.76 Å². The number of aromatic nitrogens is 2. The van der Waals surface area contributed by atoms with Gasteiger partial charge in [0.2, 0.25) is 0 Å². The summed E-state index contributed by atoms with van der Waals surface area (Å²) < 4.78 is 13.6. The number of ether oxygens (including phenoxy) is 1. The fraction of sp³-hybridized carbons (Fsp3) is 0.417. The molecule has 1 aromatic carbocycles. The number of carbonyl (C=O) groups excluding carboxylic acids is 1. The number of nitrogens with one attached hydrogen (secondary N) is 1. The molecule has 1 N–H and O–H groups in total. The van der Waals surface area contributed by atoms with Crippen molar-refractivity contribution in [2.75, 3.05) is 0 Å². The zero-order chi connectivity index (χ0) is 21.8. The van der Waals surface area contributed by atoms with Gasteiger partial charge in [-0.1, -0.05) is 26.0 Å². The molecule has 0 aliphatic rings. The van der Waals surface area contributed by atoms with Crippen LogP contribution in [-0.4, -0.2) is 15.7 Å². The van der Waals surface area contributed by atoms with E-state index in [0.29, 0.717) is 11.7 Å². The monoisotopic (exact) mass is 409 g/mol. The molecule has 0 fully saturated rings. The lowest BCUT2D eigenvalue weighted by Gasteiger charge is -2.14. The number of amides is 1. The molecule has 0 saturated carbocycles. The summed E-state index contributed by atoms with van der Waals surface area (Å²) in [4.78, 5) is 12.6. The van der Waals surface area contributed by atoms with Gasteiger partial charge in [-0.25, -0.2) is 0 Å². The Labute approximate surface area is 178 Å². The highest BCUT2D eigenvalue weighted by Gasteiger charge is 2.18. The molecule has 0 aliphatic carbocycles. The second kappa shape index (κ2) is 9.20. The highest BCUT2D eigenvalue weighted by Crippen LogP contribution is 2.28. The molecular formula is C24H31N3O3. The third-order valence-corrected chi connectivity index (χ3v) is 5.17. The number of aryl methyl sites for hydroxylation is 3. The minimum atomic E-state index is -0.254. The van der Waals surface area contributed by atoms with Crippen LogP contribution in [-0.2, 0) is 13.2 Å². The van der Waals surface area contributed by atoms with Crippen LogP contribution in [0, 0.1) is 13.8 Å². The van der Waals surface area contributed by atoms with Gasteiger partial charge in [-0.15, -0.1) is 0 Å². The summed E-state index contributed by atoms with van der Waals surface area (Å²) in [6.45, 7) is 13.3. The second-order valence-corrected chi connectivity index (χ2v) is 7.97. The van der Waals surface area contributed by atoms with Crippen LogP contribution in [0.3, 0.4) is 0 Å². The predicted octanol–water partition coefficient (Wildman–Crippen LogP) is 5.31. The molecule has 1 unspecified atom stereocenters. The van der Waals surface area contributed by atoms with Crippen molar-refractivity contribution in [2.45, 2.75) is 66.7 Å². The fourth-order valence-electron chi connectivity index (χ4n) is 3.44. The Morgan fingerprint density at radius 3 is 2.60 bits per heavy atom. The van der Waals surface area contributed by atoms with Crippen LogP contribution in [0.5, 0.6) is 5.75 Å². The van der Waals surface area contributed by atoms with Crippen molar-refractivity contribution in [1.29, 1.82) is 0 Å². The highest BCUT2D eigenvalue weighted by atomic mass is 16.5. The Bertz CT molecular complexity index is 1020. The minimum absolute atomic E-state index is 0.163. The molecule has 0 radical (unpaired) electrons. The maximum atomic E-state index is 12.6. The molecule has 0 spiro atoms. The van der Waals surface area contributed by atoms with Crippen molar-refractivity contribution in [1.82, 2.24) is 15.1 Å². The minimum Gasteiger partial charge on any atom is -0.485 e. The van der Waals surface area contributed by atoms with Crippen molar-refractivity contribution in [2.24, 2.45) is 0 Å². The Morgan fingerprint density at radius 1 is 1.17 bits per heavy atom. The Hall–Kier alpha value is -3.02. The van der Waals surface area contributed by atoms with E-state index in [9.17, 15) is 4.79 Å². The van der Waals surface area contributed by atoms with Gasteiger partial charge in [0, 0.05) is 18.3 Å². The molecule has 0 aliphatic heterocycles. The van der Waals surface area contributed by atoms with Gasteiger partial charge in [-0.3, -0.25) is 9.48 Å². The molecule has 30 heavy (non-hydrogen) atoms. The molecule has 2 aromatic heterocycles. The SMILES string of the molecule is CCn1cc(C(C)NC(=O)c2ccc(COc3cc(C)ccc3C(C)C)o2)c(C)n1. The summed E-state index contributed by atoms with van der Waals surface area (Å²) in [5.74, 6) is 1.84. The zero-order valence-electron chi connectivity index (χ0n) is 18.7. The summed E-state index contributed by atoms with van der Waals surface area (Å²) in [6.07, 6.45) is 1.97. The van der Waals surface area contributed by atoms with Crippen LogP contribution in [0.4, 0.5) is 0 Å². The normalized spacial score (nSPS) is 12.2. The average Bonchev–Trinajstić information content (AvgIpc) is 3.32. The number of benzene rings is 1. The van der Waals surface area contributed by atoms with E-state index in [1.54, 1.807) is 12.1 Å². The summed E-state index contributed by atoms with van der Waals surface area (Å²) in [7, 11) is 0. The summed E-state index contributed by atoms with van der Waals surface area (Å²) in [6, 6.07) is 9.52. The van der Waals surface area contributed by atoms with Crippen LogP contribution >= 0.6 is 0 Å². The maximum Gasteiger partial charge on any atom is 0.287 e. The van der Waals surface area contributed by atoms with Crippen molar-refractivity contribution < 1.29 is 13.9 Å². The van der Waals surface area contributed by atoms with Crippen LogP contribution < -0.4 is 10.1 Å². The third-order valence-electron chi connectivity index (χ3n) is 5.17. The zero-order valence-corrected chi connectivity index (χ0v) is 18.7. The van der Waals surface area contributed by atoms with E-state index in [1.165, 1.54) is 0 Å². The first-order valence-electron chi connectivity index (χ1n) is 10.4. The molecular weight excluding hydrogens is 378 g/mol. The van der Waals surface area contributed by atoms with Crippen LogP contribution in [0.15, 0.2) is 40.9 Å². The first-order valence-corrected chi connectivity index (χ1v) is 10.4. The topological polar surface area (TPSA) is 69.3 Å². The molecule has 1 atom stereocenters. The van der Waals surface area contributed by atoms with E-state index in [-0.39, 0.29) is 24.3 Å². The van der Waals surface area contributed by atoms with Gasteiger partial charge in [0.05, 0.1) is 11.7 Å². The second-order valence-electron chi connectivity index (χ2n) is 7.97. The van der Waals surface area contributed by atoms with Gasteiger partial charge < -0.3 is 14.5 Å². The smallest absolute Gasteiger partial charge is 0.287 e. The standard InChI is InChI=1S/C24H31N3O3/c1-7-27-13-21(18(6)26-27)17(5)25-24(28)22-11-9-19(30-22)14-29-23-12-16(4)8-10-20(23)15(2)3/h8-13,15,17H,7,14H2,1-6H3,(H,25,28). The lowest BCUT2D eigenvalue weighted by Crippen LogP contribution is -2.26. The van der Waals surface area contributed by atoms with Crippen molar-refractivity contribution in [3.8, 4) is 5.75 Å². The van der Waals surface area contributed by atoms with E-state index < -0.39 is 0 Å². The van der Waals surface area contributed by atoms with E-state index >= 15 is 0 Å². The Balaban J connectivity index is 1.64. The fourth-order valence-corrected chi connectivity index (χ4v) is 3.44. The number of rotatable bonds is 8. The van der Waals surface area contributed by atoms with Crippen molar-refractivity contribution in [3.63, 3.8) is 0 Å². The van der Waals surface area contributed by atoms with E-state index in [2.05, 4.69) is 36.4 Å². The molecule has 160 valence electrons. The summed E-state index contributed by atoms with van der Waals surface area (Å²) in [5, 5.41) is 7.42. The molecule has 0 saturated heterocycles. The average molecular weight is 410 g/mol. The van der Waals surface area contributed by atoms with Gasteiger partial charge in [-0.2, -0.15) is 5.10 Å². The summed E-state index contributed by atoms with van der Waals surface area (Å²) >= 11 is 0. The Morgan fingerprint density at radius 2 is 1.93 bits per heavy atom. The molecule has 6 nitrogen and oxygen atoms in total. The van der Waals surface area contributed by atoms with Crippen LogP contribution in [0.2, 0.25) is 0 Å². The van der Waals surface area contributed by atoms with E-state index in [0.717, 1.165) is 34.7 Å². The van der Waals surface area contributed by atoms with Crippen molar-refractivity contribution in [3.05, 3.63) is 70.4 Å². The van der Waals surface area contributed by atoms with E-state index in [1.807, 2.05) is 44.6 Å².